The van der Waals surface area contributed by atoms with E-state index in [0.717, 1.165) is 23.5 Å². The summed E-state index contributed by atoms with van der Waals surface area (Å²) < 4.78 is 1.87. The summed E-state index contributed by atoms with van der Waals surface area (Å²) in [6.45, 7) is 13.1. The minimum atomic E-state index is 0.873. The SMILES string of the molecule is CC.CC.CCC.CN1Cc2ccccc2-c2c(nnn2C)-c2ccccc21. The molecule has 0 atom stereocenters. The van der Waals surface area contributed by atoms with Gasteiger partial charge in [-0.05, 0) is 11.6 Å². The van der Waals surface area contributed by atoms with Crippen molar-refractivity contribution in [1.82, 2.24) is 15.0 Å². The Balaban J connectivity index is 0.000000502. The summed E-state index contributed by atoms with van der Waals surface area (Å²) in [5.74, 6) is 0. The van der Waals surface area contributed by atoms with Gasteiger partial charge in [0, 0.05) is 37.5 Å². The van der Waals surface area contributed by atoms with E-state index in [1.165, 1.54) is 23.2 Å². The van der Waals surface area contributed by atoms with Crippen LogP contribution >= 0.6 is 0 Å². The molecule has 0 amide bonds. The Hall–Kier alpha value is -2.62. The van der Waals surface area contributed by atoms with Gasteiger partial charge in [0.25, 0.3) is 0 Å². The number of fused-ring (bicyclic) bond motifs is 5. The minimum Gasteiger partial charge on any atom is -0.370 e. The van der Waals surface area contributed by atoms with Crippen LogP contribution in [0.25, 0.3) is 22.5 Å². The second-order valence-corrected chi connectivity index (χ2v) is 6.15. The third-order valence-corrected chi connectivity index (χ3v) is 4.08. The lowest BCUT2D eigenvalue weighted by Gasteiger charge is -2.26. The predicted molar refractivity (Wildman–Crippen MR) is 123 cm³/mol. The number of nitrogens with zero attached hydrogens (tertiary/aromatic N) is 4. The van der Waals surface area contributed by atoms with Crippen molar-refractivity contribution in [1.29, 1.82) is 0 Å². The fourth-order valence-electron chi connectivity index (χ4n) is 3.08. The fraction of sp³-hybridized carbons (Fsp3) is 0.417. The van der Waals surface area contributed by atoms with Crippen molar-refractivity contribution in [2.24, 2.45) is 7.05 Å². The molecule has 2 aromatic carbocycles. The van der Waals surface area contributed by atoms with Gasteiger partial charge in [-0.25, -0.2) is 4.68 Å². The van der Waals surface area contributed by atoms with Crippen LogP contribution in [0.5, 0.6) is 0 Å². The van der Waals surface area contributed by atoms with Crippen LogP contribution in [0, 0.1) is 0 Å². The van der Waals surface area contributed by atoms with Crippen LogP contribution in [0.4, 0.5) is 5.69 Å². The molecule has 28 heavy (non-hydrogen) atoms. The van der Waals surface area contributed by atoms with Crippen LogP contribution < -0.4 is 4.90 Å². The van der Waals surface area contributed by atoms with E-state index in [0.29, 0.717) is 0 Å². The van der Waals surface area contributed by atoms with Gasteiger partial charge in [-0.1, -0.05) is 95.6 Å². The van der Waals surface area contributed by atoms with E-state index in [1.54, 1.807) is 0 Å². The van der Waals surface area contributed by atoms with E-state index in [-0.39, 0.29) is 0 Å². The summed E-state index contributed by atoms with van der Waals surface area (Å²) >= 11 is 0. The van der Waals surface area contributed by atoms with Gasteiger partial charge in [0.05, 0.1) is 5.69 Å². The molecule has 4 nitrogen and oxygen atoms in total. The topological polar surface area (TPSA) is 34.0 Å². The van der Waals surface area contributed by atoms with Crippen molar-refractivity contribution in [3.05, 3.63) is 54.1 Å². The standard InChI is InChI=1S/C17H16N4.C3H8.2C2H6/c1-20-11-12-7-3-4-8-13(12)17-16(18-19-21(17)2)14-9-5-6-10-15(14)20;1-3-2;2*1-2/h3-10H,11H2,1-2H3;3H2,1-2H3;2*1-2H3. The van der Waals surface area contributed by atoms with Crippen molar-refractivity contribution >= 4 is 5.69 Å². The van der Waals surface area contributed by atoms with Crippen molar-refractivity contribution in [2.45, 2.75) is 54.5 Å². The molecule has 1 aliphatic rings. The maximum atomic E-state index is 4.42. The molecule has 0 saturated carbocycles. The van der Waals surface area contributed by atoms with Gasteiger partial charge >= 0.3 is 0 Å². The molecule has 0 radical (unpaired) electrons. The number of benzene rings is 2. The van der Waals surface area contributed by atoms with Gasteiger partial charge in [0.2, 0.25) is 0 Å². The summed E-state index contributed by atoms with van der Waals surface area (Å²) in [4.78, 5) is 2.27. The Kier molecular flexibility index (Phi) is 10.0. The first-order chi connectivity index (χ1) is 13.7. The van der Waals surface area contributed by atoms with Crippen molar-refractivity contribution < 1.29 is 0 Å². The summed E-state index contributed by atoms with van der Waals surface area (Å²) in [6, 6.07) is 16.9. The van der Waals surface area contributed by atoms with Crippen molar-refractivity contribution in [2.75, 3.05) is 11.9 Å². The maximum Gasteiger partial charge on any atom is 0.123 e. The molecule has 4 rings (SSSR count). The summed E-state index contributed by atoms with van der Waals surface area (Å²) in [5.41, 5.74) is 6.87. The highest BCUT2D eigenvalue weighted by Crippen LogP contribution is 2.39. The Morgan fingerprint density at radius 2 is 1.36 bits per heavy atom. The van der Waals surface area contributed by atoms with Crippen LogP contribution in [-0.4, -0.2) is 22.0 Å². The fourth-order valence-corrected chi connectivity index (χ4v) is 3.08. The summed E-state index contributed by atoms with van der Waals surface area (Å²) in [6.07, 6.45) is 1.25. The van der Waals surface area contributed by atoms with Crippen molar-refractivity contribution in [3.63, 3.8) is 0 Å². The summed E-state index contributed by atoms with van der Waals surface area (Å²) in [7, 11) is 4.08. The van der Waals surface area contributed by atoms with Crippen LogP contribution in [-0.2, 0) is 13.6 Å². The lowest BCUT2D eigenvalue weighted by atomic mass is 9.96. The molecule has 0 aliphatic carbocycles. The quantitative estimate of drug-likeness (QED) is 0.442. The largest absolute Gasteiger partial charge is 0.370 e. The van der Waals surface area contributed by atoms with Crippen LogP contribution in [0.15, 0.2) is 48.5 Å². The van der Waals surface area contributed by atoms with Crippen LogP contribution in [0.1, 0.15) is 53.5 Å². The molecule has 1 aromatic heterocycles. The molecule has 0 bridgehead atoms. The molecule has 152 valence electrons. The van der Waals surface area contributed by atoms with E-state index in [2.05, 4.69) is 84.6 Å². The molecule has 0 saturated heterocycles. The van der Waals surface area contributed by atoms with E-state index >= 15 is 0 Å². The van der Waals surface area contributed by atoms with Crippen LogP contribution in [0.2, 0.25) is 0 Å². The number of hydrogen-bond acceptors (Lipinski definition) is 3. The molecule has 0 N–H and O–H groups in total. The van der Waals surface area contributed by atoms with Gasteiger partial charge < -0.3 is 4.90 Å². The number of aryl methyl sites for hydroxylation is 1. The van der Waals surface area contributed by atoms with Crippen LogP contribution in [0.3, 0.4) is 0 Å². The Labute approximate surface area is 171 Å². The normalized spacial score (nSPS) is 10.8. The number of hydrogen-bond donors (Lipinski definition) is 0. The molecule has 4 heteroatoms. The zero-order valence-electron chi connectivity index (χ0n) is 18.8. The Morgan fingerprint density at radius 1 is 0.821 bits per heavy atom. The van der Waals surface area contributed by atoms with Crippen molar-refractivity contribution in [3.8, 4) is 22.5 Å². The molecular formula is C24H36N4. The average Bonchev–Trinajstić information content (AvgIpc) is 3.12. The van der Waals surface area contributed by atoms with E-state index in [4.69, 9.17) is 0 Å². The first kappa shape index (κ1) is 23.4. The third kappa shape index (κ3) is 5.00. The zero-order chi connectivity index (χ0) is 21.1. The molecule has 3 aromatic rings. The maximum absolute atomic E-state index is 4.42. The Morgan fingerprint density at radius 3 is 2.00 bits per heavy atom. The van der Waals surface area contributed by atoms with Gasteiger partial charge in [0.1, 0.15) is 5.69 Å². The lowest BCUT2D eigenvalue weighted by molar-refractivity contribution is 0.720. The number of aromatic nitrogens is 3. The number of para-hydroxylation sites is 1. The third-order valence-electron chi connectivity index (χ3n) is 4.08. The Bertz CT molecular complexity index is 836. The van der Waals surface area contributed by atoms with E-state index in [9.17, 15) is 0 Å². The second-order valence-electron chi connectivity index (χ2n) is 6.15. The van der Waals surface area contributed by atoms with Gasteiger partial charge in [0.15, 0.2) is 0 Å². The smallest absolute Gasteiger partial charge is 0.123 e. The average molecular weight is 381 g/mol. The first-order valence-electron chi connectivity index (χ1n) is 10.5. The van der Waals surface area contributed by atoms with E-state index in [1.807, 2.05) is 39.4 Å². The highest BCUT2D eigenvalue weighted by Gasteiger charge is 2.23. The summed E-state index contributed by atoms with van der Waals surface area (Å²) in [5, 5.41) is 8.67. The molecule has 1 aliphatic heterocycles. The molecular weight excluding hydrogens is 344 g/mol. The number of rotatable bonds is 0. The number of anilines is 1. The monoisotopic (exact) mass is 380 g/mol. The minimum absolute atomic E-state index is 0.873. The predicted octanol–water partition coefficient (Wildman–Crippen LogP) is 6.57. The second kappa shape index (κ2) is 12.0. The van der Waals surface area contributed by atoms with Gasteiger partial charge in [-0.2, -0.15) is 0 Å². The first-order valence-corrected chi connectivity index (χ1v) is 10.5. The lowest BCUT2D eigenvalue weighted by Crippen LogP contribution is -2.19. The molecule has 2 heterocycles. The zero-order valence-corrected chi connectivity index (χ0v) is 18.8. The molecule has 0 fully saturated rings. The molecule has 0 spiro atoms. The highest BCUT2D eigenvalue weighted by molar-refractivity contribution is 5.87. The molecule has 0 unspecified atom stereocenters. The van der Waals surface area contributed by atoms with Gasteiger partial charge in [-0.15, -0.1) is 5.10 Å². The van der Waals surface area contributed by atoms with Gasteiger partial charge in [-0.3, -0.25) is 0 Å². The highest BCUT2D eigenvalue weighted by atomic mass is 15.4. The van der Waals surface area contributed by atoms with E-state index < -0.39 is 0 Å².